The van der Waals surface area contributed by atoms with Gasteiger partial charge in [0.25, 0.3) is 0 Å². The predicted octanol–water partition coefficient (Wildman–Crippen LogP) is 4.92. The molecule has 3 rings (SSSR count). The number of hydrogen-bond acceptors (Lipinski definition) is 2. The second kappa shape index (κ2) is 5.60. The lowest BCUT2D eigenvalue weighted by molar-refractivity contribution is -0.137. The molecule has 0 amide bonds. The molecule has 3 aromatic rings. The number of nitrogens with zero attached hydrogens (tertiary/aromatic N) is 2. The van der Waals surface area contributed by atoms with Gasteiger partial charge in [0, 0.05) is 18.0 Å². The van der Waals surface area contributed by atoms with Gasteiger partial charge in [0.2, 0.25) is 0 Å². The molecule has 0 saturated heterocycles. The lowest BCUT2D eigenvalue weighted by Gasteiger charge is -2.11. The highest BCUT2D eigenvalue weighted by Gasteiger charge is 2.30. The Labute approximate surface area is 136 Å². The van der Waals surface area contributed by atoms with E-state index in [4.69, 9.17) is 0 Å². The van der Waals surface area contributed by atoms with Crippen molar-refractivity contribution in [2.24, 2.45) is 0 Å². The Hall–Kier alpha value is -2.94. The van der Waals surface area contributed by atoms with Crippen molar-refractivity contribution >= 4 is 10.9 Å². The van der Waals surface area contributed by atoms with Crippen molar-refractivity contribution in [2.45, 2.75) is 19.6 Å². The van der Waals surface area contributed by atoms with Crippen LogP contribution in [0.5, 0.6) is 5.75 Å². The Morgan fingerprint density at radius 1 is 1.12 bits per heavy atom. The molecule has 24 heavy (non-hydrogen) atoms. The molecule has 0 radical (unpaired) electrons. The first-order valence-electron chi connectivity index (χ1n) is 7.29. The number of halogens is 3. The third-order valence-electron chi connectivity index (χ3n) is 3.96. The van der Waals surface area contributed by atoms with Gasteiger partial charge < -0.3 is 9.67 Å². The number of aromatic hydroxyl groups is 1. The number of nitriles is 1. The van der Waals surface area contributed by atoms with E-state index in [2.05, 4.69) is 6.07 Å². The molecule has 1 aromatic heterocycles. The largest absolute Gasteiger partial charge is 0.508 e. The summed E-state index contributed by atoms with van der Waals surface area (Å²) < 4.78 is 40.0. The van der Waals surface area contributed by atoms with Crippen molar-refractivity contribution < 1.29 is 18.3 Å². The Kier molecular flexibility index (Phi) is 3.72. The zero-order valence-electron chi connectivity index (χ0n) is 12.7. The van der Waals surface area contributed by atoms with Gasteiger partial charge in [-0.2, -0.15) is 18.4 Å². The van der Waals surface area contributed by atoms with Crippen LogP contribution in [-0.4, -0.2) is 9.67 Å². The van der Waals surface area contributed by atoms with Crippen LogP contribution in [0.3, 0.4) is 0 Å². The smallest absolute Gasteiger partial charge is 0.416 e. The van der Waals surface area contributed by atoms with E-state index in [1.165, 1.54) is 18.2 Å². The van der Waals surface area contributed by atoms with E-state index >= 15 is 0 Å². The summed E-state index contributed by atoms with van der Waals surface area (Å²) in [4.78, 5) is 0. The molecule has 1 N–H and O–H groups in total. The lowest BCUT2D eigenvalue weighted by Crippen LogP contribution is -2.04. The molecule has 2 aromatic carbocycles. The maximum atomic E-state index is 12.7. The average molecular weight is 330 g/mol. The van der Waals surface area contributed by atoms with E-state index in [9.17, 15) is 23.5 Å². The van der Waals surface area contributed by atoms with Crippen molar-refractivity contribution in [1.29, 1.82) is 5.26 Å². The summed E-state index contributed by atoms with van der Waals surface area (Å²) in [6.45, 7) is 2.39. The van der Waals surface area contributed by atoms with Crippen LogP contribution >= 0.6 is 0 Å². The minimum absolute atomic E-state index is 0.0677. The number of phenols is 1. The molecule has 0 unspecified atom stereocenters. The Morgan fingerprint density at radius 2 is 1.79 bits per heavy atom. The molecule has 3 nitrogen and oxygen atoms in total. The van der Waals surface area contributed by atoms with Gasteiger partial charge in [0.05, 0.1) is 22.3 Å². The van der Waals surface area contributed by atoms with Crippen molar-refractivity contribution in [3.8, 4) is 23.1 Å². The standard InChI is InChI=1S/C18H13F3N2O/c1-2-23-16-9-13(24)7-8-14(16)15(10-22)17(23)11-3-5-12(6-4-11)18(19,20)21/h3-9,24H,2H2,1H3. The van der Waals surface area contributed by atoms with Crippen LogP contribution in [0.1, 0.15) is 18.1 Å². The number of hydrogen-bond donors (Lipinski definition) is 1. The zero-order chi connectivity index (χ0) is 17.5. The van der Waals surface area contributed by atoms with Crippen molar-refractivity contribution in [2.75, 3.05) is 0 Å². The van der Waals surface area contributed by atoms with Crippen molar-refractivity contribution in [1.82, 2.24) is 4.57 Å². The fourth-order valence-electron chi connectivity index (χ4n) is 2.90. The first-order valence-corrected chi connectivity index (χ1v) is 7.29. The molecule has 0 aliphatic heterocycles. The topological polar surface area (TPSA) is 49.0 Å². The molecule has 0 saturated carbocycles. The molecular formula is C18H13F3N2O. The summed E-state index contributed by atoms with van der Waals surface area (Å²) >= 11 is 0. The fourth-order valence-corrected chi connectivity index (χ4v) is 2.90. The first kappa shape index (κ1) is 15.9. The van der Waals surface area contributed by atoms with Gasteiger partial charge in [-0.3, -0.25) is 0 Å². The third kappa shape index (κ3) is 2.48. The number of aryl methyl sites for hydroxylation is 1. The van der Waals surface area contributed by atoms with E-state index in [-0.39, 0.29) is 5.75 Å². The average Bonchev–Trinajstić information content (AvgIpc) is 2.86. The number of rotatable bonds is 2. The van der Waals surface area contributed by atoms with E-state index in [1.54, 1.807) is 12.1 Å². The van der Waals surface area contributed by atoms with Crippen LogP contribution in [0.4, 0.5) is 13.2 Å². The summed E-state index contributed by atoms with van der Waals surface area (Å²) in [6, 6.07) is 11.5. The number of alkyl halides is 3. The van der Waals surface area contributed by atoms with Crippen LogP contribution in [0.2, 0.25) is 0 Å². The summed E-state index contributed by atoms with van der Waals surface area (Å²) in [5, 5.41) is 19.9. The highest BCUT2D eigenvalue weighted by molar-refractivity contribution is 5.95. The van der Waals surface area contributed by atoms with Crippen LogP contribution in [0.25, 0.3) is 22.2 Å². The molecule has 0 atom stereocenters. The summed E-state index contributed by atoms with van der Waals surface area (Å²) in [7, 11) is 0. The van der Waals surface area contributed by atoms with Crippen LogP contribution in [-0.2, 0) is 12.7 Å². The molecule has 0 bridgehead atoms. The molecule has 6 heteroatoms. The van der Waals surface area contributed by atoms with Crippen molar-refractivity contribution in [3.63, 3.8) is 0 Å². The minimum Gasteiger partial charge on any atom is -0.508 e. The Balaban J connectivity index is 2.28. The third-order valence-corrected chi connectivity index (χ3v) is 3.96. The van der Waals surface area contributed by atoms with E-state index in [0.717, 1.165) is 12.1 Å². The summed E-state index contributed by atoms with van der Waals surface area (Å²) in [5.74, 6) is 0.0677. The Morgan fingerprint density at radius 3 is 2.33 bits per heavy atom. The number of benzene rings is 2. The van der Waals surface area contributed by atoms with E-state index < -0.39 is 11.7 Å². The second-order valence-electron chi connectivity index (χ2n) is 5.36. The highest BCUT2D eigenvalue weighted by Crippen LogP contribution is 2.36. The van der Waals surface area contributed by atoms with Crippen LogP contribution in [0.15, 0.2) is 42.5 Å². The summed E-state index contributed by atoms with van der Waals surface area (Å²) in [5.41, 5.74) is 1.39. The van der Waals surface area contributed by atoms with Crippen LogP contribution < -0.4 is 0 Å². The minimum atomic E-state index is -4.40. The number of phenolic OH excluding ortho intramolecular Hbond substituents is 1. The maximum absolute atomic E-state index is 12.7. The molecule has 0 aliphatic carbocycles. The maximum Gasteiger partial charge on any atom is 0.416 e. The number of fused-ring (bicyclic) bond motifs is 1. The van der Waals surface area contributed by atoms with Gasteiger partial charge in [0.15, 0.2) is 0 Å². The molecule has 0 fully saturated rings. The molecule has 1 heterocycles. The predicted molar refractivity (Wildman–Crippen MR) is 84.4 cm³/mol. The van der Waals surface area contributed by atoms with Crippen molar-refractivity contribution in [3.05, 3.63) is 53.6 Å². The zero-order valence-corrected chi connectivity index (χ0v) is 12.7. The first-order chi connectivity index (χ1) is 11.4. The second-order valence-corrected chi connectivity index (χ2v) is 5.36. The van der Waals surface area contributed by atoms with Gasteiger partial charge in [-0.15, -0.1) is 0 Å². The van der Waals surface area contributed by atoms with Crippen LogP contribution in [0, 0.1) is 11.3 Å². The fraction of sp³-hybridized carbons (Fsp3) is 0.167. The Bertz CT molecular complexity index is 948. The monoisotopic (exact) mass is 330 g/mol. The van der Waals surface area contributed by atoms with Gasteiger partial charge >= 0.3 is 6.18 Å². The number of aromatic nitrogens is 1. The highest BCUT2D eigenvalue weighted by atomic mass is 19.4. The SMILES string of the molecule is CCn1c(-c2ccc(C(F)(F)F)cc2)c(C#N)c2ccc(O)cc21. The van der Waals surface area contributed by atoms with Gasteiger partial charge in [-0.25, -0.2) is 0 Å². The quantitative estimate of drug-likeness (QED) is 0.725. The summed E-state index contributed by atoms with van der Waals surface area (Å²) in [6.07, 6.45) is -4.40. The van der Waals surface area contributed by atoms with E-state index in [0.29, 0.717) is 34.3 Å². The van der Waals surface area contributed by atoms with Gasteiger partial charge in [0.1, 0.15) is 11.8 Å². The normalized spacial score (nSPS) is 11.6. The molecule has 122 valence electrons. The van der Waals surface area contributed by atoms with Gasteiger partial charge in [-0.05, 0) is 36.8 Å². The molecule has 0 spiro atoms. The van der Waals surface area contributed by atoms with E-state index in [1.807, 2.05) is 11.5 Å². The lowest BCUT2D eigenvalue weighted by atomic mass is 10.0. The molecular weight excluding hydrogens is 317 g/mol. The molecule has 0 aliphatic rings. The van der Waals surface area contributed by atoms with Gasteiger partial charge in [-0.1, -0.05) is 12.1 Å².